The summed E-state index contributed by atoms with van der Waals surface area (Å²) in [6.45, 7) is 2.90. The van der Waals surface area contributed by atoms with Gasteiger partial charge in [-0.05, 0) is 31.0 Å². The minimum absolute atomic E-state index is 0.121. The minimum Gasteiger partial charge on any atom is -0.397 e. The molecule has 1 fully saturated rings. The average Bonchev–Trinajstić information content (AvgIpc) is 2.17. The van der Waals surface area contributed by atoms with Crippen LogP contribution in [0, 0.1) is 12.3 Å². The number of anilines is 1. The molecule has 0 aromatic heterocycles. The van der Waals surface area contributed by atoms with E-state index < -0.39 is 10.0 Å². The molecule has 0 radical (unpaired) electrons. The molecule has 3 N–H and O–H groups in total. The standard InChI is InChI=1S/C11H15N3O2S/c1-8-5-9(7-12)11(13)10(6-8)17(15,16)14-3-2-4-14/h5-7,12H,2-4,13H2,1H3. The van der Waals surface area contributed by atoms with E-state index in [2.05, 4.69) is 0 Å². The number of hydrogen-bond donors (Lipinski definition) is 2. The quantitative estimate of drug-likeness (QED) is 0.621. The Kier molecular flexibility index (Phi) is 2.92. The second-order valence-electron chi connectivity index (χ2n) is 4.17. The summed E-state index contributed by atoms with van der Waals surface area (Å²) >= 11 is 0. The summed E-state index contributed by atoms with van der Waals surface area (Å²) in [6, 6.07) is 3.27. The molecule has 6 heteroatoms. The van der Waals surface area contributed by atoms with Gasteiger partial charge in [-0.15, -0.1) is 0 Å². The fourth-order valence-corrected chi connectivity index (χ4v) is 3.54. The van der Waals surface area contributed by atoms with Crippen LogP contribution >= 0.6 is 0 Å². The molecule has 92 valence electrons. The molecule has 1 aliphatic heterocycles. The van der Waals surface area contributed by atoms with Crippen LogP contribution in [0.4, 0.5) is 5.69 Å². The summed E-state index contributed by atoms with van der Waals surface area (Å²) < 4.78 is 25.9. The van der Waals surface area contributed by atoms with E-state index in [0.29, 0.717) is 18.7 Å². The molecule has 17 heavy (non-hydrogen) atoms. The van der Waals surface area contributed by atoms with E-state index in [9.17, 15) is 8.42 Å². The maximum Gasteiger partial charge on any atom is 0.245 e. The van der Waals surface area contributed by atoms with Crippen LogP contribution in [0.1, 0.15) is 17.5 Å². The number of aryl methyl sites for hydroxylation is 1. The van der Waals surface area contributed by atoms with Gasteiger partial charge in [0.25, 0.3) is 0 Å². The van der Waals surface area contributed by atoms with E-state index in [1.165, 1.54) is 4.31 Å². The first kappa shape index (κ1) is 12.1. The van der Waals surface area contributed by atoms with E-state index in [4.69, 9.17) is 11.1 Å². The van der Waals surface area contributed by atoms with Crippen LogP contribution in [0.2, 0.25) is 0 Å². The van der Waals surface area contributed by atoms with Crippen LogP contribution in [-0.4, -0.2) is 32.0 Å². The van der Waals surface area contributed by atoms with E-state index in [0.717, 1.165) is 18.2 Å². The highest BCUT2D eigenvalue weighted by Crippen LogP contribution is 2.28. The molecule has 0 aliphatic carbocycles. The first-order valence-corrected chi connectivity index (χ1v) is 6.81. The van der Waals surface area contributed by atoms with Crippen LogP contribution in [0.3, 0.4) is 0 Å². The molecule has 0 spiro atoms. The summed E-state index contributed by atoms with van der Waals surface area (Å²) in [5.41, 5.74) is 7.21. The third kappa shape index (κ3) is 1.94. The van der Waals surface area contributed by atoms with Crippen molar-refractivity contribution >= 4 is 21.9 Å². The number of nitrogens with one attached hydrogen (secondary N) is 1. The van der Waals surface area contributed by atoms with Gasteiger partial charge in [0, 0.05) is 24.9 Å². The molecule has 0 bridgehead atoms. The zero-order chi connectivity index (χ0) is 12.6. The van der Waals surface area contributed by atoms with Gasteiger partial charge in [0.15, 0.2) is 0 Å². The number of nitrogen functional groups attached to an aromatic ring is 1. The highest BCUT2D eigenvalue weighted by Gasteiger charge is 2.31. The van der Waals surface area contributed by atoms with Gasteiger partial charge in [0.2, 0.25) is 10.0 Å². The molecular formula is C11H15N3O2S. The molecule has 0 amide bonds. The molecule has 0 saturated carbocycles. The maximum absolute atomic E-state index is 12.2. The highest BCUT2D eigenvalue weighted by molar-refractivity contribution is 7.89. The Balaban J connectivity index is 2.58. The van der Waals surface area contributed by atoms with Crippen LogP contribution in [0.5, 0.6) is 0 Å². The van der Waals surface area contributed by atoms with Crippen molar-refractivity contribution in [3.63, 3.8) is 0 Å². The fraction of sp³-hybridized carbons (Fsp3) is 0.364. The molecule has 1 heterocycles. The van der Waals surface area contributed by atoms with Crippen LogP contribution in [0.15, 0.2) is 17.0 Å². The Hall–Kier alpha value is -1.40. The Labute approximate surface area is 101 Å². The number of nitrogens with zero attached hydrogens (tertiary/aromatic N) is 1. The lowest BCUT2D eigenvalue weighted by Gasteiger charge is -2.30. The molecule has 0 atom stereocenters. The van der Waals surface area contributed by atoms with Crippen molar-refractivity contribution < 1.29 is 8.42 Å². The number of hydrogen-bond acceptors (Lipinski definition) is 4. The molecule has 1 aromatic rings. The first-order valence-electron chi connectivity index (χ1n) is 5.37. The van der Waals surface area contributed by atoms with Crippen LogP contribution in [0.25, 0.3) is 0 Å². The lowest BCUT2D eigenvalue weighted by Crippen LogP contribution is -2.42. The molecule has 1 saturated heterocycles. The predicted octanol–water partition coefficient (Wildman–Crippen LogP) is 0.969. The largest absolute Gasteiger partial charge is 0.397 e. The summed E-state index contributed by atoms with van der Waals surface area (Å²) in [4.78, 5) is 0.121. The van der Waals surface area contributed by atoms with Gasteiger partial charge in [-0.25, -0.2) is 8.42 Å². The SMILES string of the molecule is Cc1cc(C=N)c(N)c(S(=O)(=O)N2CCC2)c1. The normalized spacial score (nSPS) is 16.5. The summed E-state index contributed by atoms with van der Waals surface area (Å²) in [6.07, 6.45) is 1.97. The summed E-state index contributed by atoms with van der Waals surface area (Å²) in [5, 5.41) is 7.24. The Bertz CT molecular complexity index is 562. The third-order valence-corrected chi connectivity index (χ3v) is 4.85. The van der Waals surface area contributed by atoms with Crippen molar-refractivity contribution in [1.82, 2.24) is 4.31 Å². The molecular weight excluding hydrogens is 238 g/mol. The number of sulfonamides is 1. The van der Waals surface area contributed by atoms with E-state index >= 15 is 0 Å². The van der Waals surface area contributed by atoms with Gasteiger partial charge in [-0.1, -0.05) is 0 Å². The zero-order valence-corrected chi connectivity index (χ0v) is 10.4. The monoisotopic (exact) mass is 253 g/mol. The van der Waals surface area contributed by atoms with Crippen LogP contribution < -0.4 is 5.73 Å². The van der Waals surface area contributed by atoms with Gasteiger partial charge in [0.1, 0.15) is 4.90 Å². The average molecular weight is 253 g/mol. The molecule has 5 nitrogen and oxygen atoms in total. The van der Waals surface area contributed by atoms with Crippen molar-refractivity contribution in [1.29, 1.82) is 5.41 Å². The highest BCUT2D eigenvalue weighted by atomic mass is 32.2. The Morgan fingerprint density at radius 2 is 2.06 bits per heavy atom. The van der Waals surface area contributed by atoms with Gasteiger partial charge in [0.05, 0.1) is 5.69 Å². The van der Waals surface area contributed by atoms with Crippen molar-refractivity contribution in [2.45, 2.75) is 18.2 Å². The minimum atomic E-state index is -3.48. The van der Waals surface area contributed by atoms with E-state index in [1.807, 2.05) is 0 Å². The first-order chi connectivity index (χ1) is 7.96. The van der Waals surface area contributed by atoms with E-state index in [-0.39, 0.29) is 10.6 Å². The number of nitrogens with two attached hydrogens (primary N) is 1. The summed E-state index contributed by atoms with van der Waals surface area (Å²) in [5.74, 6) is 0. The van der Waals surface area contributed by atoms with E-state index in [1.54, 1.807) is 19.1 Å². The van der Waals surface area contributed by atoms with Crippen molar-refractivity contribution in [2.24, 2.45) is 0 Å². The maximum atomic E-state index is 12.2. The number of rotatable bonds is 3. The Morgan fingerprint density at radius 1 is 1.41 bits per heavy atom. The lowest BCUT2D eigenvalue weighted by molar-refractivity contribution is 0.309. The zero-order valence-electron chi connectivity index (χ0n) is 9.60. The molecule has 1 aliphatic rings. The fourth-order valence-electron chi connectivity index (χ4n) is 1.79. The van der Waals surface area contributed by atoms with Gasteiger partial charge in [-0.3, -0.25) is 0 Å². The molecule has 2 rings (SSSR count). The number of benzene rings is 1. The van der Waals surface area contributed by atoms with Gasteiger partial charge < -0.3 is 11.1 Å². The lowest BCUT2D eigenvalue weighted by atomic mass is 10.1. The molecule has 0 unspecified atom stereocenters. The second kappa shape index (κ2) is 4.12. The summed E-state index contributed by atoms with van der Waals surface area (Å²) in [7, 11) is -3.48. The predicted molar refractivity (Wildman–Crippen MR) is 66.9 cm³/mol. The third-order valence-electron chi connectivity index (χ3n) is 2.91. The van der Waals surface area contributed by atoms with Gasteiger partial charge >= 0.3 is 0 Å². The smallest absolute Gasteiger partial charge is 0.245 e. The second-order valence-corrected chi connectivity index (χ2v) is 6.07. The van der Waals surface area contributed by atoms with Gasteiger partial charge in [-0.2, -0.15) is 4.31 Å². The molecule has 1 aromatic carbocycles. The Morgan fingerprint density at radius 3 is 2.53 bits per heavy atom. The van der Waals surface area contributed by atoms with Crippen molar-refractivity contribution in [3.05, 3.63) is 23.3 Å². The van der Waals surface area contributed by atoms with Crippen molar-refractivity contribution in [3.8, 4) is 0 Å². The topological polar surface area (TPSA) is 87.2 Å². The van der Waals surface area contributed by atoms with Crippen molar-refractivity contribution in [2.75, 3.05) is 18.8 Å². The van der Waals surface area contributed by atoms with Crippen LogP contribution in [-0.2, 0) is 10.0 Å².